The molecule has 130 valence electrons. The monoisotopic (exact) mass is 352 g/mol. The van der Waals surface area contributed by atoms with E-state index >= 15 is 0 Å². The van der Waals surface area contributed by atoms with Gasteiger partial charge in [0, 0.05) is 16.6 Å². The van der Waals surface area contributed by atoms with Gasteiger partial charge in [0.15, 0.2) is 5.58 Å². The van der Waals surface area contributed by atoms with E-state index in [1.165, 1.54) is 0 Å². The number of aromatic nitrogens is 3. The van der Waals surface area contributed by atoms with Gasteiger partial charge in [-0.3, -0.25) is 5.10 Å². The number of anilines is 1. The van der Waals surface area contributed by atoms with Crippen LogP contribution in [0.25, 0.3) is 45.6 Å². The minimum atomic E-state index is 0.572. The minimum absolute atomic E-state index is 0.572. The number of hydrogen-bond donors (Lipinski definition) is 2. The average Bonchev–Trinajstić information content (AvgIpc) is 3.30. The molecular formula is C22H16N4O. The molecule has 27 heavy (non-hydrogen) atoms. The predicted octanol–water partition coefficient (Wildman–Crippen LogP) is 5.12. The summed E-state index contributed by atoms with van der Waals surface area (Å²) in [5, 5.41) is 8.53. The normalized spacial score (nSPS) is 11.7. The number of oxazole rings is 1. The number of para-hydroxylation sites is 1. The third kappa shape index (κ3) is 2.75. The van der Waals surface area contributed by atoms with Gasteiger partial charge in [-0.1, -0.05) is 42.5 Å². The first-order valence-corrected chi connectivity index (χ1v) is 8.64. The standard InChI is InChI=1S/C22H16N4O/c23-15-10-12-21-20(13-15)24-22(27-21)16-6-2-1-5-14(16)9-11-19-17-7-3-4-8-18(17)25-26-19/h1-13H,23H2,(H,25,26). The van der Waals surface area contributed by atoms with E-state index in [9.17, 15) is 0 Å². The van der Waals surface area contributed by atoms with E-state index in [4.69, 9.17) is 10.2 Å². The Labute approximate surface area is 155 Å². The summed E-state index contributed by atoms with van der Waals surface area (Å²) in [5.41, 5.74) is 11.8. The van der Waals surface area contributed by atoms with Crippen LogP contribution in [0, 0.1) is 0 Å². The zero-order chi connectivity index (χ0) is 18.2. The third-order valence-electron chi connectivity index (χ3n) is 4.52. The molecule has 3 aromatic carbocycles. The summed E-state index contributed by atoms with van der Waals surface area (Å²) in [7, 11) is 0. The van der Waals surface area contributed by atoms with Crippen LogP contribution in [0.3, 0.4) is 0 Å². The lowest BCUT2D eigenvalue weighted by atomic mass is 10.1. The van der Waals surface area contributed by atoms with E-state index < -0.39 is 0 Å². The third-order valence-corrected chi connectivity index (χ3v) is 4.52. The van der Waals surface area contributed by atoms with E-state index in [0.29, 0.717) is 11.6 Å². The maximum Gasteiger partial charge on any atom is 0.227 e. The number of hydrogen-bond acceptors (Lipinski definition) is 4. The van der Waals surface area contributed by atoms with Gasteiger partial charge in [0.2, 0.25) is 5.89 Å². The van der Waals surface area contributed by atoms with Gasteiger partial charge in [0.25, 0.3) is 0 Å². The average molecular weight is 352 g/mol. The number of aromatic amines is 1. The number of nitrogens with two attached hydrogens (primary N) is 1. The second-order valence-electron chi connectivity index (χ2n) is 6.32. The molecule has 5 rings (SSSR count). The number of fused-ring (bicyclic) bond motifs is 2. The molecule has 5 heteroatoms. The van der Waals surface area contributed by atoms with Crippen molar-refractivity contribution in [1.82, 2.24) is 15.2 Å². The highest BCUT2D eigenvalue weighted by Crippen LogP contribution is 2.29. The van der Waals surface area contributed by atoms with Crippen molar-refractivity contribution in [2.24, 2.45) is 0 Å². The molecule has 5 nitrogen and oxygen atoms in total. The highest BCUT2D eigenvalue weighted by atomic mass is 16.3. The lowest BCUT2D eigenvalue weighted by Gasteiger charge is -2.01. The maximum atomic E-state index is 5.93. The first-order chi connectivity index (χ1) is 13.3. The second-order valence-corrected chi connectivity index (χ2v) is 6.32. The highest BCUT2D eigenvalue weighted by molar-refractivity contribution is 5.90. The molecule has 0 radical (unpaired) electrons. The molecule has 0 fully saturated rings. The van der Waals surface area contributed by atoms with Crippen molar-refractivity contribution in [3.05, 3.63) is 78.0 Å². The van der Waals surface area contributed by atoms with Crippen LogP contribution in [0.5, 0.6) is 0 Å². The van der Waals surface area contributed by atoms with Crippen molar-refractivity contribution in [2.45, 2.75) is 0 Å². The lowest BCUT2D eigenvalue weighted by molar-refractivity contribution is 0.619. The Morgan fingerprint density at radius 2 is 1.78 bits per heavy atom. The fourth-order valence-electron chi connectivity index (χ4n) is 3.18. The summed E-state index contributed by atoms with van der Waals surface area (Å²) in [4.78, 5) is 4.60. The summed E-state index contributed by atoms with van der Waals surface area (Å²) in [5.74, 6) is 0.572. The van der Waals surface area contributed by atoms with Crippen molar-refractivity contribution < 1.29 is 4.42 Å². The fraction of sp³-hybridized carbons (Fsp3) is 0. The number of H-pyrrole nitrogens is 1. The molecular weight excluding hydrogens is 336 g/mol. The molecule has 0 aliphatic heterocycles. The van der Waals surface area contributed by atoms with E-state index in [2.05, 4.69) is 21.2 Å². The lowest BCUT2D eigenvalue weighted by Crippen LogP contribution is -1.84. The molecule has 0 saturated carbocycles. The molecule has 2 heterocycles. The summed E-state index contributed by atoms with van der Waals surface area (Å²) in [6.45, 7) is 0. The number of nitrogens with one attached hydrogen (secondary N) is 1. The molecule has 0 spiro atoms. The molecule has 0 saturated heterocycles. The van der Waals surface area contributed by atoms with Gasteiger partial charge in [-0.2, -0.15) is 5.10 Å². The smallest absolute Gasteiger partial charge is 0.227 e. The Morgan fingerprint density at radius 1 is 0.926 bits per heavy atom. The molecule has 0 atom stereocenters. The number of rotatable bonds is 3. The first kappa shape index (κ1) is 15.4. The zero-order valence-electron chi connectivity index (χ0n) is 14.4. The van der Waals surface area contributed by atoms with Crippen LogP contribution in [0.1, 0.15) is 11.3 Å². The van der Waals surface area contributed by atoms with Gasteiger partial charge >= 0.3 is 0 Å². The zero-order valence-corrected chi connectivity index (χ0v) is 14.4. The van der Waals surface area contributed by atoms with Gasteiger partial charge in [0.05, 0.1) is 11.2 Å². The first-order valence-electron chi connectivity index (χ1n) is 8.64. The van der Waals surface area contributed by atoms with Crippen molar-refractivity contribution in [3.8, 4) is 11.5 Å². The molecule has 5 aromatic rings. The van der Waals surface area contributed by atoms with Crippen molar-refractivity contribution >= 4 is 39.8 Å². The molecule has 0 unspecified atom stereocenters. The van der Waals surface area contributed by atoms with Crippen LogP contribution in [0.15, 0.2) is 71.1 Å². The highest BCUT2D eigenvalue weighted by Gasteiger charge is 2.11. The van der Waals surface area contributed by atoms with Crippen molar-refractivity contribution in [3.63, 3.8) is 0 Å². The van der Waals surface area contributed by atoms with Gasteiger partial charge in [-0.05, 0) is 42.0 Å². The van der Waals surface area contributed by atoms with Gasteiger partial charge < -0.3 is 10.2 Å². The van der Waals surface area contributed by atoms with Crippen LogP contribution in [-0.2, 0) is 0 Å². The second kappa shape index (κ2) is 6.14. The summed E-state index contributed by atoms with van der Waals surface area (Å²) in [6.07, 6.45) is 4.03. The Bertz CT molecular complexity index is 1300. The topological polar surface area (TPSA) is 80.7 Å². The quantitative estimate of drug-likeness (QED) is 0.441. The molecule has 0 amide bonds. The molecule has 2 aromatic heterocycles. The van der Waals surface area contributed by atoms with E-state index in [1.54, 1.807) is 0 Å². The summed E-state index contributed by atoms with van der Waals surface area (Å²) < 4.78 is 5.93. The van der Waals surface area contributed by atoms with Crippen LogP contribution < -0.4 is 5.73 Å². The maximum absolute atomic E-state index is 5.93. The van der Waals surface area contributed by atoms with Crippen LogP contribution in [0.2, 0.25) is 0 Å². The van der Waals surface area contributed by atoms with Crippen molar-refractivity contribution in [2.75, 3.05) is 5.73 Å². The van der Waals surface area contributed by atoms with Crippen LogP contribution in [0.4, 0.5) is 5.69 Å². The Kier molecular flexibility index (Phi) is 3.50. The van der Waals surface area contributed by atoms with Gasteiger partial charge in [-0.15, -0.1) is 0 Å². The Morgan fingerprint density at radius 3 is 2.74 bits per heavy atom. The van der Waals surface area contributed by atoms with E-state index in [0.717, 1.165) is 38.8 Å². The number of benzene rings is 3. The van der Waals surface area contributed by atoms with Crippen molar-refractivity contribution in [1.29, 1.82) is 0 Å². The predicted molar refractivity (Wildman–Crippen MR) is 109 cm³/mol. The largest absolute Gasteiger partial charge is 0.436 e. The van der Waals surface area contributed by atoms with E-state index in [-0.39, 0.29) is 0 Å². The Balaban J connectivity index is 1.57. The van der Waals surface area contributed by atoms with Gasteiger partial charge in [0.1, 0.15) is 5.52 Å². The summed E-state index contributed by atoms with van der Waals surface area (Å²) in [6, 6.07) is 21.5. The molecule has 3 N–H and O–H groups in total. The Hall–Kier alpha value is -3.86. The van der Waals surface area contributed by atoms with Gasteiger partial charge in [-0.25, -0.2) is 4.98 Å². The van der Waals surface area contributed by atoms with Crippen LogP contribution >= 0.6 is 0 Å². The van der Waals surface area contributed by atoms with Crippen LogP contribution in [-0.4, -0.2) is 15.2 Å². The fourth-order valence-corrected chi connectivity index (χ4v) is 3.18. The molecule has 0 bridgehead atoms. The SMILES string of the molecule is Nc1ccc2oc(-c3ccccc3C=Cc3n[nH]c4ccccc34)nc2c1. The molecule has 0 aliphatic carbocycles. The number of nitrogens with zero attached hydrogens (tertiary/aromatic N) is 2. The van der Waals surface area contributed by atoms with E-state index in [1.807, 2.05) is 72.8 Å². The number of nitrogen functional groups attached to an aromatic ring is 1. The summed E-state index contributed by atoms with van der Waals surface area (Å²) >= 11 is 0. The molecule has 0 aliphatic rings. The minimum Gasteiger partial charge on any atom is -0.436 e.